The summed E-state index contributed by atoms with van der Waals surface area (Å²) in [4.78, 5) is 11.4. The Labute approximate surface area is 161 Å². The normalized spacial score (nSPS) is 17.9. The fourth-order valence-electron chi connectivity index (χ4n) is 3.14. The molecule has 0 fully saturated rings. The summed E-state index contributed by atoms with van der Waals surface area (Å²) in [6.07, 6.45) is 0. The fraction of sp³-hybridized carbons (Fsp3) is 0.368. The van der Waals surface area contributed by atoms with Gasteiger partial charge in [-0.3, -0.25) is 10.5 Å². The molecule has 0 radical (unpaired) electrons. The smallest absolute Gasteiger partial charge is 0.343 e. The van der Waals surface area contributed by atoms with Crippen LogP contribution in [0.4, 0.5) is 0 Å². The number of nitrogens with one attached hydrogen (secondary N) is 2. The van der Waals surface area contributed by atoms with E-state index >= 15 is 0 Å². The number of aromatic nitrogens is 2. The number of nitrogens with zero attached hydrogens (tertiary/aromatic N) is 2. The van der Waals surface area contributed by atoms with E-state index in [9.17, 15) is 10.1 Å². The molecule has 0 saturated carbocycles. The van der Waals surface area contributed by atoms with Crippen molar-refractivity contribution in [3.05, 3.63) is 35.0 Å². The van der Waals surface area contributed by atoms with Gasteiger partial charge in [-0.1, -0.05) is 6.07 Å². The standard InChI is InChI=1S/C19H20N4O5/c1-4-26-14-7-11(5-6-13(14)27-9-15(24)25-3)17-12(8-20)18(21)28-19-16(17)10(2)22-23-19/h5-7,12,17,21H,4,9H2,1-3H3,(H,22,23). The number of carbonyl (C=O) groups is 1. The number of aryl methyl sites for hydroxylation is 1. The molecule has 1 aliphatic rings. The monoisotopic (exact) mass is 384 g/mol. The maximum absolute atomic E-state index is 11.4. The number of hydrogen-bond donors (Lipinski definition) is 2. The van der Waals surface area contributed by atoms with Crippen molar-refractivity contribution in [2.24, 2.45) is 5.92 Å². The number of hydrogen-bond acceptors (Lipinski definition) is 8. The van der Waals surface area contributed by atoms with Gasteiger partial charge in [-0.05, 0) is 31.5 Å². The maximum atomic E-state index is 11.4. The van der Waals surface area contributed by atoms with Gasteiger partial charge in [-0.15, -0.1) is 5.10 Å². The zero-order valence-corrected chi connectivity index (χ0v) is 15.7. The molecule has 9 heteroatoms. The first-order chi connectivity index (χ1) is 13.5. The van der Waals surface area contributed by atoms with Crippen molar-refractivity contribution < 1.29 is 23.7 Å². The summed E-state index contributed by atoms with van der Waals surface area (Å²) in [6.45, 7) is 3.81. The number of H-pyrrole nitrogens is 1. The van der Waals surface area contributed by atoms with E-state index in [1.807, 2.05) is 13.8 Å². The number of fused-ring (bicyclic) bond motifs is 1. The molecule has 2 unspecified atom stereocenters. The molecule has 1 aromatic carbocycles. The first-order valence-electron chi connectivity index (χ1n) is 8.67. The number of nitriles is 1. The second kappa shape index (κ2) is 8.00. The first kappa shape index (κ1) is 19.2. The lowest BCUT2D eigenvalue weighted by atomic mass is 9.79. The molecule has 2 N–H and O–H groups in total. The number of ether oxygens (including phenoxy) is 4. The Morgan fingerprint density at radius 3 is 2.86 bits per heavy atom. The molecular formula is C19H20N4O5. The third-order valence-electron chi connectivity index (χ3n) is 4.43. The summed E-state index contributed by atoms with van der Waals surface area (Å²) in [6, 6.07) is 7.35. The minimum atomic E-state index is -0.805. The Morgan fingerprint density at radius 1 is 1.39 bits per heavy atom. The summed E-state index contributed by atoms with van der Waals surface area (Å²) in [5, 5.41) is 24.6. The first-order valence-corrected chi connectivity index (χ1v) is 8.67. The van der Waals surface area contributed by atoms with Crippen LogP contribution in [0.2, 0.25) is 0 Å². The van der Waals surface area contributed by atoms with Crippen LogP contribution in [0, 0.1) is 29.6 Å². The van der Waals surface area contributed by atoms with Crippen LogP contribution >= 0.6 is 0 Å². The van der Waals surface area contributed by atoms with E-state index in [-0.39, 0.29) is 12.5 Å². The van der Waals surface area contributed by atoms with E-state index < -0.39 is 17.8 Å². The van der Waals surface area contributed by atoms with E-state index in [1.54, 1.807) is 18.2 Å². The average Bonchev–Trinajstić information content (AvgIpc) is 3.06. The number of esters is 1. The highest BCUT2D eigenvalue weighted by Gasteiger charge is 2.40. The minimum absolute atomic E-state index is 0.157. The predicted molar refractivity (Wildman–Crippen MR) is 97.7 cm³/mol. The van der Waals surface area contributed by atoms with Crippen LogP contribution in [0.5, 0.6) is 17.4 Å². The lowest BCUT2D eigenvalue weighted by Gasteiger charge is -2.28. The van der Waals surface area contributed by atoms with Crippen LogP contribution in [0.1, 0.15) is 29.7 Å². The van der Waals surface area contributed by atoms with E-state index in [0.717, 1.165) is 16.8 Å². The highest BCUT2D eigenvalue weighted by atomic mass is 16.6. The highest BCUT2D eigenvalue weighted by Crippen LogP contribution is 2.44. The zero-order chi connectivity index (χ0) is 20.3. The predicted octanol–water partition coefficient (Wildman–Crippen LogP) is 2.31. The molecule has 0 spiro atoms. The van der Waals surface area contributed by atoms with Gasteiger partial charge in [-0.2, -0.15) is 5.26 Å². The Morgan fingerprint density at radius 2 is 2.18 bits per heavy atom. The van der Waals surface area contributed by atoms with Crippen LogP contribution in [0.25, 0.3) is 0 Å². The number of rotatable bonds is 6. The van der Waals surface area contributed by atoms with Crippen molar-refractivity contribution in [1.82, 2.24) is 10.2 Å². The van der Waals surface area contributed by atoms with Crippen molar-refractivity contribution in [2.75, 3.05) is 20.3 Å². The maximum Gasteiger partial charge on any atom is 0.343 e. The Hall–Kier alpha value is -3.54. The van der Waals surface area contributed by atoms with Gasteiger partial charge >= 0.3 is 5.97 Å². The lowest BCUT2D eigenvalue weighted by Crippen LogP contribution is -2.31. The molecule has 0 aliphatic carbocycles. The largest absolute Gasteiger partial charge is 0.490 e. The van der Waals surface area contributed by atoms with Crippen LogP contribution in [-0.4, -0.2) is 42.4 Å². The SMILES string of the molecule is CCOc1cc(C2c3c(n[nH]c3C)OC(=N)C2C#N)ccc1OCC(=O)OC. The van der Waals surface area contributed by atoms with E-state index in [0.29, 0.717) is 24.0 Å². The van der Waals surface area contributed by atoms with E-state index in [4.69, 9.17) is 19.6 Å². The zero-order valence-electron chi connectivity index (χ0n) is 15.7. The van der Waals surface area contributed by atoms with Gasteiger partial charge in [0.05, 0.1) is 19.8 Å². The summed E-state index contributed by atoms with van der Waals surface area (Å²) in [5.74, 6) is -0.808. The van der Waals surface area contributed by atoms with E-state index in [2.05, 4.69) is 21.0 Å². The summed E-state index contributed by atoms with van der Waals surface area (Å²) in [7, 11) is 1.28. The van der Waals surface area contributed by atoms with Gasteiger partial charge in [0.2, 0.25) is 11.8 Å². The fourth-order valence-corrected chi connectivity index (χ4v) is 3.14. The summed E-state index contributed by atoms with van der Waals surface area (Å²) in [5.41, 5.74) is 2.24. The molecular weight excluding hydrogens is 364 g/mol. The van der Waals surface area contributed by atoms with Crippen molar-refractivity contribution in [2.45, 2.75) is 19.8 Å². The van der Waals surface area contributed by atoms with Gasteiger partial charge in [0.15, 0.2) is 18.1 Å². The third-order valence-corrected chi connectivity index (χ3v) is 4.43. The molecule has 28 heavy (non-hydrogen) atoms. The Kier molecular flexibility index (Phi) is 5.49. The molecule has 2 heterocycles. The molecule has 2 aromatic rings. The van der Waals surface area contributed by atoms with Crippen LogP contribution < -0.4 is 14.2 Å². The molecule has 2 atom stereocenters. The van der Waals surface area contributed by atoms with Gasteiger partial charge in [0.25, 0.3) is 0 Å². The topological polar surface area (TPSA) is 130 Å². The quantitative estimate of drug-likeness (QED) is 0.731. The van der Waals surface area contributed by atoms with Crippen LogP contribution in [0.15, 0.2) is 18.2 Å². The minimum Gasteiger partial charge on any atom is -0.490 e. The van der Waals surface area contributed by atoms with Gasteiger partial charge < -0.3 is 18.9 Å². The van der Waals surface area contributed by atoms with Crippen molar-refractivity contribution in [3.63, 3.8) is 0 Å². The van der Waals surface area contributed by atoms with Crippen molar-refractivity contribution in [3.8, 4) is 23.4 Å². The van der Waals surface area contributed by atoms with Crippen molar-refractivity contribution in [1.29, 1.82) is 10.7 Å². The molecule has 146 valence electrons. The third kappa shape index (κ3) is 3.49. The molecule has 3 rings (SSSR count). The Bertz CT molecular complexity index is 946. The Balaban J connectivity index is 2.03. The molecule has 9 nitrogen and oxygen atoms in total. The average molecular weight is 384 g/mol. The summed E-state index contributed by atoms with van der Waals surface area (Å²) >= 11 is 0. The molecule has 1 aliphatic heterocycles. The van der Waals surface area contributed by atoms with Crippen LogP contribution in [-0.2, 0) is 9.53 Å². The molecule has 0 amide bonds. The van der Waals surface area contributed by atoms with E-state index in [1.165, 1.54) is 7.11 Å². The lowest BCUT2D eigenvalue weighted by molar-refractivity contribution is -0.142. The van der Waals surface area contributed by atoms with Crippen LogP contribution in [0.3, 0.4) is 0 Å². The van der Waals surface area contributed by atoms with Gasteiger partial charge in [0, 0.05) is 17.2 Å². The molecule has 0 bridgehead atoms. The number of benzene rings is 1. The number of aromatic amines is 1. The summed E-state index contributed by atoms with van der Waals surface area (Å²) < 4.78 is 21.1. The van der Waals surface area contributed by atoms with Gasteiger partial charge in [0.1, 0.15) is 5.92 Å². The molecule has 0 saturated heterocycles. The second-order valence-corrected chi connectivity index (χ2v) is 6.12. The van der Waals surface area contributed by atoms with Crippen molar-refractivity contribution >= 4 is 11.9 Å². The van der Waals surface area contributed by atoms with Gasteiger partial charge in [-0.25, -0.2) is 4.79 Å². The number of carbonyl (C=O) groups excluding carboxylic acids is 1. The molecule has 1 aromatic heterocycles. The second-order valence-electron chi connectivity index (χ2n) is 6.12. The highest BCUT2D eigenvalue weighted by molar-refractivity contribution is 5.84. The number of methoxy groups -OCH3 is 1.